The second-order valence-corrected chi connectivity index (χ2v) is 4.22. The summed E-state index contributed by atoms with van der Waals surface area (Å²) < 4.78 is 1.85. The van der Waals surface area contributed by atoms with Gasteiger partial charge in [0.2, 0.25) is 5.91 Å². The van der Waals surface area contributed by atoms with Crippen molar-refractivity contribution in [3.05, 3.63) is 18.0 Å². The number of nitrogens with one attached hydrogen (secondary N) is 2. The van der Waals surface area contributed by atoms with Gasteiger partial charge in [0, 0.05) is 38.8 Å². The van der Waals surface area contributed by atoms with Gasteiger partial charge in [0.25, 0.3) is 0 Å². The van der Waals surface area contributed by atoms with Crippen LogP contribution in [0, 0.1) is 0 Å². The number of nitrogens with zero attached hydrogens (tertiary/aromatic N) is 2. The van der Waals surface area contributed by atoms with Gasteiger partial charge in [-0.15, -0.1) is 0 Å². The summed E-state index contributed by atoms with van der Waals surface area (Å²) in [5, 5.41) is 10.4. The van der Waals surface area contributed by atoms with E-state index in [4.69, 9.17) is 0 Å². The lowest BCUT2D eigenvalue weighted by Gasteiger charge is -2.14. The first-order chi connectivity index (χ1) is 7.75. The SMILES string of the molecule is Cn1nccc1CNC1CCCNC(=O)C1. The van der Waals surface area contributed by atoms with Crippen molar-refractivity contribution in [2.24, 2.45) is 7.05 Å². The highest BCUT2D eigenvalue weighted by Crippen LogP contribution is 2.07. The van der Waals surface area contributed by atoms with E-state index in [9.17, 15) is 4.79 Å². The number of aryl methyl sites for hydroxylation is 1. The molecule has 1 aromatic heterocycles. The Morgan fingerprint density at radius 3 is 3.31 bits per heavy atom. The van der Waals surface area contributed by atoms with Crippen LogP contribution in [-0.4, -0.2) is 28.3 Å². The summed E-state index contributed by atoms with van der Waals surface area (Å²) in [6, 6.07) is 2.28. The lowest BCUT2D eigenvalue weighted by atomic mass is 10.1. The van der Waals surface area contributed by atoms with Crippen molar-refractivity contribution in [1.82, 2.24) is 20.4 Å². The van der Waals surface area contributed by atoms with E-state index in [0.717, 1.165) is 31.6 Å². The van der Waals surface area contributed by atoms with Crippen molar-refractivity contribution in [2.75, 3.05) is 6.54 Å². The van der Waals surface area contributed by atoms with Gasteiger partial charge in [-0.05, 0) is 18.9 Å². The largest absolute Gasteiger partial charge is 0.356 e. The number of rotatable bonds is 3. The fourth-order valence-corrected chi connectivity index (χ4v) is 1.97. The Labute approximate surface area is 95.2 Å². The first kappa shape index (κ1) is 11.1. The van der Waals surface area contributed by atoms with Gasteiger partial charge in [0.15, 0.2) is 0 Å². The molecule has 2 N–H and O–H groups in total. The molecule has 0 radical (unpaired) electrons. The van der Waals surface area contributed by atoms with Crippen molar-refractivity contribution in [1.29, 1.82) is 0 Å². The van der Waals surface area contributed by atoms with Crippen LogP contribution < -0.4 is 10.6 Å². The maximum absolute atomic E-state index is 11.4. The Bertz CT molecular complexity index is 361. The predicted molar refractivity (Wildman–Crippen MR) is 60.7 cm³/mol. The molecule has 1 fully saturated rings. The molecule has 0 aliphatic carbocycles. The zero-order valence-electron chi connectivity index (χ0n) is 9.57. The summed E-state index contributed by atoms with van der Waals surface area (Å²) in [6.45, 7) is 1.58. The molecule has 0 spiro atoms. The zero-order valence-corrected chi connectivity index (χ0v) is 9.57. The second kappa shape index (κ2) is 5.12. The zero-order chi connectivity index (χ0) is 11.4. The van der Waals surface area contributed by atoms with Crippen molar-refractivity contribution in [2.45, 2.75) is 31.8 Å². The highest BCUT2D eigenvalue weighted by molar-refractivity contribution is 5.76. The molecule has 16 heavy (non-hydrogen) atoms. The second-order valence-electron chi connectivity index (χ2n) is 4.22. The molecule has 0 saturated carbocycles. The van der Waals surface area contributed by atoms with E-state index in [0.29, 0.717) is 6.42 Å². The van der Waals surface area contributed by atoms with E-state index in [1.807, 2.05) is 17.8 Å². The highest BCUT2D eigenvalue weighted by atomic mass is 16.1. The topological polar surface area (TPSA) is 59.0 Å². The minimum atomic E-state index is 0.153. The smallest absolute Gasteiger partial charge is 0.221 e. The average molecular weight is 222 g/mol. The molecular formula is C11H18N4O. The summed E-state index contributed by atoms with van der Waals surface area (Å²) in [5.41, 5.74) is 1.14. The van der Waals surface area contributed by atoms with Crippen molar-refractivity contribution in [3.8, 4) is 0 Å². The number of aromatic nitrogens is 2. The number of carbonyl (C=O) groups is 1. The van der Waals surface area contributed by atoms with Crippen molar-refractivity contribution in [3.63, 3.8) is 0 Å². The fourth-order valence-electron chi connectivity index (χ4n) is 1.97. The Morgan fingerprint density at radius 1 is 1.69 bits per heavy atom. The van der Waals surface area contributed by atoms with Crippen LogP contribution in [0.25, 0.3) is 0 Å². The van der Waals surface area contributed by atoms with E-state index in [2.05, 4.69) is 15.7 Å². The van der Waals surface area contributed by atoms with Crippen LogP contribution in [0.15, 0.2) is 12.3 Å². The van der Waals surface area contributed by atoms with Gasteiger partial charge in [0.1, 0.15) is 0 Å². The maximum atomic E-state index is 11.4. The Kier molecular flexibility index (Phi) is 3.56. The van der Waals surface area contributed by atoms with Crippen LogP contribution in [0.2, 0.25) is 0 Å². The molecule has 1 saturated heterocycles. The third-order valence-electron chi connectivity index (χ3n) is 2.98. The molecule has 1 aromatic rings. The van der Waals surface area contributed by atoms with E-state index in [-0.39, 0.29) is 11.9 Å². The quantitative estimate of drug-likeness (QED) is 0.767. The third kappa shape index (κ3) is 2.82. The normalized spacial score (nSPS) is 21.6. The average Bonchev–Trinajstić information content (AvgIpc) is 2.54. The molecule has 2 heterocycles. The summed E-state index contributed by atoms with van der Waals surface area (Å²) in [5.74, 6) is 0.153. The van der Waals surface area contributed by atoms with Gasteiger partial charge in [-0.3, -0.25) is 9.48 Å². The van der Waals surface area contributed by atoms with Gasteiger partial charge in [-0.25, -0.2) is 0 Å². The molecule has 5 nitrogen and oxygen atoms in total. The first-order valence-electron chi connectivity index (χ1n) is 5.72. The summed E-state index contributed by atoms with van der Waals surface area (Å²) in [6.07, 6.45) is 4.47. The van der Waals surface area contributed by atoms with Gasteiger partial charge in [0.05, 0.1) is 5.69 Å². The standard InChI is InChI=1S/C11H18N4O/c1-15-10(4-6-14-15)8-13-9-3-2-5-12-11(16)7-9/h4,6,9,13H,2-3,5,7-8H2,1H3,(H,12,16). The van der Waals surface area contributed by atoms with Crippen LogP contribution in [0.3, 0.4) is 0 Å². The Morgan fingerprint density at radius 2 is 2.56 bits per heavy atom. The lowest BCUT2D eigenvalue weighted by molar-refractivity contribution is -0.121. The highest BCUT2D eigenvalue weighted by Gasteiger charge is 2.16. The van der Waals surface area contributed by atoms with Gasteiger partial charge in [-0.1, -0.05) is 0 Å². The Balaban J connectivity index is 1.85. The van der Waals surface area contributed by atoms with Crippen LogP contribution in [0.4, 0.5) is 0 Å². The maximum Gasteiger partial charge on any atom is 0.221 e. The first-order valence-corrected chi connectivity index (χ1v) is 5.72. The minimum Gasteiger partial charge on any atom is -0.356 e. The molecule has 1 aliphatic rings. The van der Waals surface area contributed by atoms with Gasteiger partial charge < -0.3 is 10.6 Å². The molecule has 1 aliphatic heterocycles. The molecule has 0 bridgehead atoms. The van der Waals surface area contributed by atoms with Crippen LogP contribution in [0.5, 0.6) is 0 Å². The monoisotopic (exact) mass is 222 g/mol. The van der Waals surface area contributed by atoms with Crippen LogP contribution in [0.1, 0.15) is 25.0 Å². The molecule has 1 unspecified atom stereocenters. The molecule has 2 rings (SSSR count). The molecule has 1 amide bonds. The van der Waals surface area contributed by atoms with Gasteiger partial charge >= 0.3 is 0 Å². The summed E-state index contributed by atoms with van der Waals surface area (Å²) in [4.78, 5) is 11.4. The summed E-state index contributed by atoms with van der Waals surface area (Å²) in [7, 11) is 1.93. The minimum absolute atomic E-state index is 0.153. The van der Waals surface area contributed by atoms with E-state index >= 15 is 0 Å². The number of hydrogen-bond donors (Lipinski definition) is 2. The van der Waals surface area contributed by atoms with E-state index in [1.165, 1.54) is 0 Å². The van der Waals surface area contributed by atoms with Crippen molar-refractivity contribution >= 4 is 5.91 Å². The predicted octanol–water partition coefficient (Wildman–Crippen LogP) is 0.178. The molecule has 0 aromatic carbocycles. The third-order valence-corrected chi connectivity index (χ3v) is 2.98. The van der Waals surface area contributed by atoms with E-state index in [1.54, 1.807) is 6.20 Å². The lowest BCUT2D eigenvalue weighted by Crippen LogP contribution is -2.32. The molecule has 88 valence electrons. The van der Waals surface area contributed by atoms with Crippen LogP contribution >= 0.6 is 0 Å². The number of carbonyl (C=O) groups excluding carboxylic acids is 1. The van der Waals surface area contributed by atoms with Crippen LogP contribution in [-0.2, 0) is 18.4 Å². The summed E-state index contributed by atoms with van der Waals surface area (Å²) >= 11 is 0. The molecular weight excluding hydrogens is 204 g/mol. The molecule has 1 atom stereocenters. The van der Waals surface area contributed by atoms with E-state index < -0.39 is 0 Å². The number of hydrogen-bond acceptors (Lipinski definition) is 3. The molecule has 5 heteroatoms. The fraction of sp³-hybridized carbons (Fsp3) is 0.636. The Hall–Kier alpha value is -1.36. The van der Waals surface area contributed by atoms with Gasteiger partial charge in [-0.2, -0.15) is 5.10 Å². The number of amides is 1. The van der Waals surface area contributed by atoms with Crippen molar-refractivity contribution < 1.29 is 4.79 Å².